The van der Waals surface area contributed by atoms with E-state index in [-0.39, 0.29) is 18.4 Å². The number of rotatable bonds is 5. The molecule has 36 heavy (non-hydrogen) atoms. The van der Waals surface area contributed by atoms with E-state index in [1.165, 1.54) is 18.3 Å². The second kappa shape index (κ2) is 10.4. The molecule has 0 saturated carbocycles. The molecule has 1 aliphatic heterocycles. The summed E-state index contributed by atoms with van der Waals surface area (Å²) in [6.45, 7) is 2.15. The summed E-state index contributed by atoms with van der Waals surface area (Å²) in [6.07, 6.45) is 5.69. The first kappa shape index (κ1) is 24.4. The molecule has 4 aromatic rings. The number of pyridine rings is 1. The van der Waals surface area contributed by atoms with Gasteiger partial charge in [-0.15, -0.1) is 0 Å². The predicted octanol–water partition coefficient (Wildman–Crippen LogP) is 6.45. The molecule has 3 heterocycles. The van der Waals surface area contributed by atoms with Crippen LogP contribution in [0.3, 0.4) is 0 Å². The van der Waals surface area contributed by atoms with E-state index in [1.54, 1.807) is 34.9 Å². The Morgan fingerprint density at radius 2 is 1.89 bits per heavy atom. The minimum absolute atomic E-state index is 0.179. The van der Waals surface area contributed by atoms with Gasteiger partial charge in [0.25, 0.3) is 0 Å². The highest BCUT2D eigenvalue weighted by atomic mass is 35.5. The van der Waals surface area contributed by atoms with Crippen molar-refractivity contribution in [2.24, 2.45) is 0 Å². The number of hydrogen-bond acceptors (Lipinski definition) is 3. The van der Waals surface area contributed by atoms with Gasteiger partial charge in [-0.25, -0.2) is 14.2 Å². The SMILES string of the molecule is O=C(NCc1ccnc(F)c1)n1c2c(c3cc(Cl)ccc31)CN(CC=Cc1ccc(Cl)cc1F)CC2. The van der Waals surface area contributed by atoms with Gasteiger partial charge in [0.15, 0.2) is 0 Å². The number of amides is 1. The standard InChI is InChI=1S/C27H22Cl2F2N4O/c28-19-5-6-24-21(13-19)22-16-34(10-1-2-18-3-4-20(29)14-23(18)30)11-8-25(22)35(24)27(36)33-15-17-7-9-32-26(31)12-17/h1-7,9,12-14H,8,10-11,15-16H2,(H,33,36). The van der Waals surface area contributed by atoms with Crippen molar-refractivity contribution >= 4 is 46.2 Å². The molecule has 0 fully saturated rings. The van der Waals surface area contributed by atoms with Crippen molar-refractivity contribution in [2.75, 3.05) is 13.1 Å². The zero-order valence-electron chi connectivity index (χ0n) is 19.1. The zero-order chi connectivity index (χ0) is 25.2. The van der Waals surface area contributed by atoms with Gasteiger partial charge in [0, 0.05) is 65.5 Å². The van der Waals surface area contributed by atoms with Crippen LogP contribution in [0.5, 0.6) is 0 Å². The summed E-state index contributed by atoms with van der Waals surface area (Å²) in [5.74, 6) is -0.953. The Kier molecular flexibility index (Phi) is 7.05. The Labute approximate surface area is 216 Å². The molecule has 9 heteroatoms. The Bertz CT molecular complexity index is 1480. The summed E-state index contributed by atoms with van der Waals surface area (Å²) >= 11 is 12.1. The van der Waals surface area contributed by atoms with Gasteiger partial charge in [-0.2, -0.15) is 4.39 Å². The molecule has 2 aromatic carbocycles. The average Bonchev–Trinajstić information content (AvgIpc) is 3.17. The molecule has 0 unspecified atom stereocenters. The van der Waals surface area contributed by atoms with Gasteiger partial charge in [0.05, 0.1) is 5.52 Å². The van der Waals surface area contributed by atoms with Crippen LogP contribution in [0.25, 0.3) is 17.0 Å². The second-order valence-corrected chi connectivity index (χ2v) is 9.49. The third kappa shape index (κ3) is 5.14. The summed E-state index contributed by atoms with van der Waals surface area (Å²) in [5, 5.41) is 4.75. The monoisotopic (exact) mass is 526 g/mol. The number of benzene rings is 2. The van der Waals surface area contributed by atoms with E-state index < -0.39 is 5.95 Å². The maximum absolute atomic E-state index is 14.1. The van der Waals surface area contributed by atoms with Crippen molar-refractivity contribution < 1.29 is 13.6 Å². The molecule has 5 rings (SSSR count). The fourth-order valence-electron chi connectivity index (χ4n) is 4.55. The van der Waals surface area contributed by atoms with Gasteiger partial charge in [-0.1, -0.05) is 41.4 Å². The minimum Gasteiger partial charge on any atom is -0.333 e. The Balaban J connectivity index is 1.37. The van der Waals surface area contributed by atoms with Gasteiger partial charge in [0.2, 0.25) is 5.95 Å². The van der Waals surface area contributed by atoms with Crippen LogP contribution in [0.1, 0.15) is 22.4 Å². The molecule has 5 nitrogen and oxygen atoms in total. The van der Waals surface area contributed by atoms with E-state index in [0.717, 1.165) is 28.7 Å². The van der Waals surface area contributed by atoms with Gasteiger partial charge in [0.1, 0.15) is 5.82 Å². The van der Waals surface area contributed by atoms with Crippen LogP contribution in [0, 0.1) is 11.8 Å². The van der Waals surface area contributed by atoms with E-state index in [0.29, 0.717) is 40.7 Å². The number of halogens is 4. The lowest BCUT2D eigenvalue weighted by molar-refractivity contribution is 0.240. The van der Waals surface area contributed by atoms with E-state index in [2.05, 4.69) is 15.2 Å². The number of fused-ring (bicyclic) bond motifs is 3. The first-order valence-corrected chi connectivity index (χ1v) is 12.2. The highest BCUT2D eigenvalue weighted by Gasteiger charge is 2.26. The molecule has 0 saturated heterocycles. The molecule has 1 amide bonds. The van der Waals surface area contributed by atoms with Crippen molar-refractivity contribution in [1.29, 1.82) is 0 Å². The molecule has 1 N–H and O–H groups in total. The van der Waals surface area contributed by atoms with Crippen molar-refractivity contribution in [1.82, 2.24) is 19.8 Å². The lowest BCUT2D eigenvalue weighted by atomic mass is 10.0. The van der Waals surface area contributed by atoms with Crippen LogP contribution in [0.4, 0.5) is 13.6 Å². The summed E-state index contributed by atoms with van der Waals surface area (Å²) in [4.78, 5) is 19.0. The van der Waals surface area contributed by atoms with Gasteiger partial charge >= 0.3 is 6.03 Å². The topological polar surface area (TPSA) is 50.2 Å². The first-order valence-electron chi connectivity index (χ1n) is 11.4. The summed E-state index contributed by atoms with van der Waals surface area (Å²) in [7, 11) is 0. The fraction of sp³-hybridized carbons (Fsp3) is 0.185. The van der Waals surface area contributed by atoms with Crippen molar-refractivity contribution in [2.45, 2.75) is 19.5 Å². The lowest BCUT2D eigenvalue weighted by Crippen LogP contribution is -2.34. The largest absolute Gasteiger partial charge is 0.333 e. The molecule has 0 atom stereocenters. The van der Waals surface area contributed by atoms with Crippen LogP contribution < -0.4 is 5.32 Å². The molecule has 1 aliphatic rings. The quantitative estimate of drug-likeness (QED) is 0.304. The maximum atomic E-state index is 14.1. The normalized spacial score (nSPS) is 13.9. The van der Waals surface area contributed by atoms with E-state index >= 15 is 0 Å². The molecular formula is C27H22Cl2F2N4O. The van der Waals surface area contributed by atoms with Crippen LogP contribution in [-0.2, 0) is 19.5 Å². The first-order chi connectivity index (χ1) is 17.4. The molecule has 2 aromatic heterocycles. The second-order valence-electron chi connectivity index (χ2n) is 8.62. The number of aromatic nitrogens is 2. The van der Waals surface area contributed by atoms with Crippen molar-refractivity contribution in [3.8, 4) is 0 Å². The third-order valence-electron chi connectivity index (χ3n) is 6.25. The van der Waals surface area contributed by atoms with Crippen LogP contribution in [-0.4, -0.2) is 33.6 Å². The molecule has 0 bridgehead atoms. The fourth-order valence-corrected chi connectivity index (χ4v) is 4.88. The van der Waals surface area contributed by atoms with Crippen LogP contribution in [0.2, 0.25) is 10.0 Å². The van der Waals surface area contributed by atoms with Gasteiger partial charge in [-0.3, -0.25) is 9.47 Å². The van der Waals surface area contributed by atoms with E-state index in [4.69, 9.17) is 23.2 Å². The van der Waals surface area contributed by atoms with Crippen LogP contribution in [0.15, 0.2) is 60.8 Å². The van der Waals surface area contributed by atoms with Gasteiger partial charge < -0.3 is 5.32 Å². The predicted molar refractivity (Wildman–Crippen MR) is 138 cm³/mol. The maximum Gasteiger partial charge on any atom is 0.326 e. The highest BCUT2D eigenvalue weighted by Crippen LogP contribution is 2.32. The van der Waals surface area contributed by atoms with Crippen LogP contribution >= 0.6 is 23.2 Å². The number of carbonyl (C=O) groups excluding carboxylic acids is 1. The number of carbonyl (C=O) groups is 1. The molecule has 0 spiro atoms. The third-order valence-corrected chi connectivity index (χ3v) is 6.72. The summed E-state index contributed by atoms with van der Waals surface area (Å²) < 4.78 is 29.2. The molecular weight excluding hydrogens is 505 g/mol. The Morgan fingerprint density at radius 3 is 2.69 bits per heavy atom. The summed E-state index contributed by atoms with van der Waals surface area (Å²) in [5.41, 5.74) is 3.83. The zero-order valence-corrected chi connectivity index (χ0v) is 20.7. The molecule has 0 aliphatic carbocycles. The average molecular weight is 527 g/mol. The Hall–Kier alpha value is -3.26. The van der Waals surface area contributed by atoms with E-state index in [1.807, 2.05) is 18.2 Å². The lowest BCUT2D eigenvalue weighted by Gasteiger charge is -2.27. The molecule has 184 valence electrons. The number of hydrogen-bond donors (Lipinski definition) is 1. The molecule has 0 radical (unpaired) electrons. The number of nitrogens with one attached hydrogen (secondary N) is 1. The Morgan fingerprint density at radius 1 is 1.08 bits per heavy atom. The summed E-state index contributed by atoms with van der Waals surface area (Å²) in [6, 6.07) is 12.8. The van der Waals surface area contributed by atoms with Crippen molar-refractivity contribution in [3.05, 3.63) is 105 Å². The van der Waals surface area contributed by atoms with Gasteiger partial charge in [-0.05, 0) is 53.6 Å². The highest BCUT2D eigenvalue weighted by molar-refractivity contribution is 6.31. The minimum atomic E-state index is -0.590. The van der Waals surface area contributed by atoms with Crippen molar-refractivity contribution in [3.63, 3.8) is 0 Å². The smallest absolute Gasteiger partial charge is 0.326 e. The number of nitrogens with zero attached hydrogens (tertiary/aromatic N) is 3. The van der Waals surface area contributed by atoms with E-state index in [9.17, 15) is 13.6 Å².